The number of ether oxygens (including phenoxy) is 3. The first-order chi connectivity index (χ1) is 26.2. The summed E-state index contributed by atoms with van der Waals surface area (Å²) in [5, 5.41) is 27.8. The number of benzene rings is 3. The van der Waals surface area contributed by atoms with Crippen molar-refractivity contribution in [1.82, 2.24) is 34.9 Å². The molecule has 0 aliphatic heterocycles. The fourth-order valence-electron chi connectivity index (χ4n) is 4.95. The van der Waals surface area contributed by atoms with E-state index < -0.39 is 35.8 Å². The molecule has 284 valence electrons. The number of methoxy groups -OCH3 is 3. The zero-order valence-electron chi connectivity index (χ0n) is 28.8. The molecule has 0 aliphatic carbocycles. The van der Waals surface area contributed by atoms with Gasteiger partial charge in [-0.15, -0.1) is 5.11 Å². The maximum absolute atomic E-state index is 12.1. The van der Waals surface area contributed by atoms with Gasteiger partial charge in [-0.3, -0.25) is 9.11 Å². The van der Waals surface area contributed by atoms with Crippen LogP contribution in [0.5, 0.6) is 23.0 Å². The molecule has 0 radical (unpaired) electrons. The summed E-state index contributed by atoms with van der Waals surface area (Å²) >= 11 is 0. The SMILES string of the molecule is COc1cc(N=Nc2cc(S(=O)(=O)O)cc3cc(S(=O)(=O)O)cc(O)c23)c(C)cc1Nc1nc(Nc2ncncc2OC)nc(Nc2ncncc2OC)n1. The van der Waals surface area contributed by atoms with Crippen LogP contribution < -0.4 is 30.2 Å². The van der Waals surface area contributed by atoms with E-state index in [1.165, 1.54) is 52.4 Å². The maximum atomic E-state index is 12.1. The molecular formula is C31H28N12O10S2. The molecule has 55 heavy (non-hydrogen) atoms. The standard InChI is InChI=1S/C31H28N12O10S2/c1-15-5-20(36-29-39-30(37-27-24(52-3)11-32-13-34-27)41-31(40-29)38-28-25(53-4)12-33-14-35-28)23(51-2)10-19(15)42-43-21-8-17(54(45,46)47)6-16-7-18(55(48,49)50)9-22(44)26(16)21/h5-14,44H,1-4H3,(H,45,46,47)(H,48,49,50)(H3,32,33,34,35,36,37,38,39,40,41). The molecule has 3 heterocycles. The molecular weight excluding hydrogens is 765 g/mol. The number of anilines is 6. The van der Waals surface area contributed by atoms with Crippen molar-refractivity contribution in [3.05, 3.63) is 67.0 Å². The van der Waals surface area contributed by atoms with Crippen molar-refractivity contribution < 1.29 is 45.3 Å². The summed E-state index contributed by atoms with van der Waals surface area (Å²) in [4.78, 5) is 28.2. The predicted octanol–water partition coefficient (Wildman–Crippen LogP) is 4.78. The van der Waals surface area contributed by atoms with Gasteiger partial charge in [-0.25, -0.2) is 19.9 Å². The Labute approximate surface area is 311 Å². The van der Waals surface area contributed by atoms with Crippen LogP contribution in [0.1, 0.15) is 5.56 Å². The number of fused-ring (bicyclic) bond motifs is 1. The zero-order valence-corrected chi connectivity index (χ0v) is 30.4. The minimum absolute atomic E-state index is 0.0151. The molecule has 3 aromatic carbocycles. The summed E-state index contributed by atoms with van der Waals surface area (Å²) in [6, 6.07) is 6.62. The van der Waals surface area contributed by atoms with Crippen molar-refractivity contribution >= 4 is 77.6 Å². The van der Waals surface area contributed by atoms with Crippen LogP contribution in [-0.2, 0) is 20.2 Å². The summed E-state index contributed by atoms with van der Waals surface area (Å²) in [7, 11) is -5.35. The summed E-state index contributed by atoms with van der Waals surface area (Å²) in [6.07, 6.45) is 5.50. The molecule has 24 heteroatoms. The second-order valence-electron chi connectivity index (χ2n) is 11.0. The van der Waals surface area contributed by atoms with E-state index in [1.54, 1.807) is 13.0 Å². The Kier molecular flexibility index (Phi) is 10.5. The van der Waals surface area contributed by atoms with Gasteiger partial charge in [-0.1, -0.05) is 0 Å². The van der Waals surface area contributed by atoms with Crippen LogP contribution in [0.25, 0.3) is 10.8 Å². The number of aromatic hydroxyl groups is 1. The Bertz CT molecular complexity index is 2630. The third-order valence-corrected chi connectivity index (χ3v) is 9.14. The summed E-state index contributed by atoms with van der Waals surface area (Å²) < 4.78 is 83.2. The first-order valence-electron chi connectivity index (χ1n) is 15.3. The molecule has 6 aromatic rings. The number of hydrogen-bond donors (Lipinski definition) is 6. The number of hydrogen-bond acceptors (Lipinski definition) is 20. The van der Waals surface area contributed by atoms with E-state index in [4.69, 9.17) is 14.2 Å². The van der Waals surface area contributed by atoms with Crippen LogP contribution in [-0.4, -0.2) is 87.3 Å². The molecule has 0 fully saturated rings. The van der Waals surface area contributed by atoms with Crippen LogP contribution in [0.15, 0.2) is 81.5 Å². The number of nitrogens with one attached hydrogen (secondary N) is 3. The van der Waals surface area contributed by atoms with Crippen molar-refractivity contribution in [1.29, 1.82) is 0 Å². The molecule has 0 atom stereocenters. The first-order valence-corrected chi connectivity index (χ1v) is 18.2. The van der Waals surface area contributed by atoms with Gasteiger partial charge in [0.1, 0.15) is 24.2 Å². The van der Waals surface area contributed by atoms with Crippen molar-refractivity contribution in [3.8, 4) is 23.0 Å². The Hall–Kier alpha value is -6.89. The molecule has 0 amide bonds. The topological polar surface area (TPSA) is 308 Å². The van der Waals surface area contributed by atoms with Crippen LogP contribution in [0, 0.1) is 6.92 Å². The Balaban J connectivity index is 1.39. The van der Waals surface area contributed by atoms with Crippen LogP contribution in [0.2, 0.25) is 0 Å². The minimum Gasteiger partial charge on any atom is -0.507 e. The lowest BCUT2D eigenvalue weighted by molar-refractivity contribution is 0.413. The molecule has 3 aromatic heterocycles. The smallest absolute Gasteiger partial charge is 0.294 e. The van der Waals surface area contributed by atoms with Gasteiger partial charge < -0.3 is 35.3 Å². The number of rotatable bonds is 13. The lowest BCUT2D eigenvalue weighted by Gasteiger charge is -2.15. The molecule has 0 saturated carbocycles. The normalized spacial score (nSPS) is 11.7. The second kappa shape index (κ2) is 15.2. The molecule has 0 saturated heterocycles. The number of phenols is 1. The van der Waals surface area contributed by atoms with E-state index in [0.717, 1.165) is 24.3 Å². The van der Waals surface area contributed by atoms with E-state index in [1.807, 2.05) is 0 Å². The van der Waals surface area contributed by atoms with Gasteiger partial charge in [0.2, 0.25) is 17.8 Å². The van der Waals surface area contributed by atoms with Crippen LogP contribution >= 0.6 is 0 Å². The van der Waals surface area contributed by atoms with Gasteiger partial charge in [-0.05, 0) is 42.1 Å². The third-order valence-electron chi connectivity index (χ3n) is 7.47. The Morgan fingerprint density at radius 2 is 1.13 bits per heavy atom. The van der Waals surface area contributed by atoms with Crippen molar-refractivity contribution in [3.63, 3.8) is 0 Å². The molecule has 0 aliphatic rings. The number of aryl methyl sites for hydroxylation is 1. The van der Waals surface area contributed by atoms with Crippen LogP contribution in [0.3, 0.4) is 0 Å². The van der Waals surface area contributed by atoms with Gasteiger partial charge in [-0.2, -0.15) is 36.9 Å². The fraction of sp³-hybridized carbons (Fsp3) is 0.129. The monoisotopic (exact) mass is 792 g/mol. The van der Waals surface area contributed by atoms with Gasteiger partial charge in [0.25, 0.3) is 20.2 Å². The molecule has 22 nitrogen and oxygen atoms in total. The van der Waals surface area contributed by atoms with Gasteiger partial charge in [0.15, 0.2) is 23.1 Å². The van der Waals surface area contributed by atoms with Crippen molar-refractivity contribution in [2.24, 2.45) is 10.2 Å². The summed E-state index contributed by atoms with van der Waals surface area (Å²) in [5.41, 5.74) is 0.822. The molecule has 6 rings (SSSR count). The van der Waals surface area contributed by atoms with E-state index >= 15 is 0 Å². The molecule has 0 spiro atoms. The van der Waals surface area contributed by atoms with Gasteiger partial charge in [0.05, 0.1) is 66.0 Å². The lowest BCUT2D eigenvalue weighted by Crippen LogP contribution is -2.10. The largest absolute Gasteiger partial charge is 0.507 e. The van der Waals surface area contributed by atoms with Crippen LogP contribution in [0.4, 0.5) is 46.5 Å². The van der Waals surface area contributed by atoms with Crippen molar-refractivity contribution in [2.75, 3.05) is 37.3 Å². The highest BCUT2D eigenvalue weighted by molar-refractivity contribution is 7.86. The highest BCUT2D eigenvalue weighted by Gasteiger charge is 2.21. The molecule has 6 N–H and O–H groups in total. The average molecular weight is 793 g/mol. The minimum atomic E-state index is -4.84. The van der Waals surface area contributed by atoms with Gasteiger partial charge >= 0.3 is 0 Å². The number of nitrogens with zero attached hydrogens (tertiary/aromatic N) is 9. The summed E-state index contributed by atoms with van der Waals surface area (Å²) in [6.45, 7) is 1.68. The third kappa shape index (κ3) is 8.51. The quantitative estimate of drug-likeness (QED) is 0.0676. The van der Waals surface area contributed by atoms with E-state index in [2.05, 4.69) is 61.1 Å². The Morgan fingerprint density at radius 1 is 0.636 bits per heavy atom. The number of azo groups is 1. The van der Waals surface area contributed by atoms with Gasteiger partial charge in [0, 0.05) is 12.1 Å². The molecule has 0 bridgehead atoms. The van der Waals surface area contributed by atoms with E-state index in [0.29, 0.717) is 22.7 Å². The first kappa shape index (κ1) is 37.9. The zero-order chi connectivity index (χ0) is 39.5. The van der Waals surface area contributed by atoms with E-state index in [9.17, 15) is 31.0 Å². The maximum Gasteiger partial charge on any atom is 0.294 e. The second-order valence-corrected chi connectivity index (χ2v) is 13.9. The van der Waals surface area contributed by atoms with E-state index in [-0.39, 0.29) is 57.4 Å². The fourth-order valence-corrected chi connectivity index (χ4v) is 6.02. The lowest BCUT2D eigenvalue weighted by atomic mass is 10.1. The number of aromatic nitrogens is 7. The predicted molar refractivity (Wildman–Crippen MR) is 194 cm³/mol. The average Bonchev–Trinajstić information content (AvgIpc) is 3.13. The molecule has 0 unspecified atom stereocenters. The summed E-state index contributed by atoms with van der Waals surface area (Å²) in [5.74, 6) is 0.749. The highest BCUT2D eigenvalue weighted by Crippen LogP contribution is 2.40. The van der Waals surface area contributed by atoms with Crippen molar-refractivity contribution in [2.45, 2.75) is 16.7 Å². The highest BCUT2D eigenvalue weighted by atomic mass is 32.2. The Morgan fingerprint density at radius 3 is 1.64 bits per heavy atom. The number of phenolic OH excluding ortho intramolecular Hbond substituents is 1.